The molecule has 2 heterocycles. The Morgan fingerprint density at radius 3 is 2.33 bits per heavy atom. The minimum absolute atomic E-state index is 0.0624. The highest BCUT2D eigenvalue weighted by molar-refractivity contribution is 5.21. The monoisotopic (exact) mass is 434 g/mol. The third kappa shape index (κ3) is 5.34. The van der Waals surface area contributed by atoms with Gasteiger partial charge < -0.3 is 9.47 Å². The normalized spacial score (nSPS) is 14.6. The summed E-state index contributed by atoms with van der Waals surface area (Å²) in [7, 11) is 0. The zero-order chi connectivity index (χ0) is 22.6. The molecule has 1 aliphatic heterocycles. The number of rotatable bonds is 5. The van der Waals surface area contributed by atoms with Crippen molar-refractivity contribution < 1.29 is 26.3 Å². The Kier molecular flexibility index (Phi) is 7.54. The van der Waals surface area contributed by atoms with E-state index in [2.05, 4.69) is 16.8 Å². The fourth-order valence-corrected chi connectivity index (χ4v) is 3.34. The summed E-state index contributed by atoms with van der Waals surface area (Å²) in [5.74, 6) is -4.14. The second-order valence-electron chi connectivity index (χ2n) is 6.95. The molecular weight excluding hydrogens is 410 g/mol. The summed E-state index contributed by atoms with van der Waals surface area (Å²) < 4.78 is 79.9. The van der Waals surface area contributed by atoms with Gasteiger partial charge in [-0.25, -0.2) is 13.2 Å². The van der Waals surface area contributed by atoms with Crippen LogP contribution in [0.15, 0.2) is 24.4 Å². The van der Waals surface area contributed by atoms with Gasteiger partial charge in [-0.3, -0.25) is 0 Å². The zero-order valence-corrected chi connectivity index (χ0v) is 17.0. The van der Waals surface area contributed by atoms with Crippen molar-refractivity contribution in [1.82, 2.24) is 19.7 Å². The molecule has 0 N–H and O–H groups in total. The van der Waals surface area contributed by atoms with Crippen molar-refractivity contribution in [3.8, 4) is 0 Å². The Morgan fingerprint density at radius 1 is 1.07 bits per heavy atom. The van der Waals surface area contributed by atoms with Gasteiger partial charge >= 0.3 is 6.18 Å². The highest BCUT2D eigenvalue weighted by Crippen LogP contribution is 2.30. The van der Waals surface area contributed by atoms with Crippen molar-refractivity contribution in [2.75, 3.05) is 6.54 Å². The molecule has 1 atom stereocenters. The molecule has 0 bridgehead atoms. The van der Waals surface area contributed by atoms with Gasteiger partial charge in [0, 0.05) is 24.9 Å². The summed E-state index contributed by atoms with van der Waals surface area (Å²) in [5.41, 5.74) is 0.714. The van der Waals surface area contributed by atoms with Crippen molar-refractivity contribution in [3.63, 3.8) is 0 Å². The van der Waals surface area contributed by atoms with Gasteiger partial charge in [0.2, 0.25) is 5.82 Å². The lowest BCUT2D eigenvalue weighted by molar-refractivity contribution is -0.147. The van der Waals surface area contributed by atoms with E-state index in [0.29, 0.717) is 24.7 Å². The topological polar surface area (TPSA) is 34.0 Å². The molecule has 0 radical (unpaired) electrons. The van der Waals surface area contributed by atoms with E-state index in [4.69, 9.17) is 0 Å². The lowest BCUT2D eigenvalue weighted by Crippen LogP contribution is -2.35. The van der Waals surface area contributed by atoms with Crippen LogP contribution in [0.25, 0.3) is 0 Å². The van der Waals surface area contributed by atoms with Crippen molar-refractivity contribution in [2.45, 2.75) is 52.9 Å². The quantitative estimate of drug-likeness (QED) is 0.471. The first-order valence-electron chi connectivity index (χ1n) is 9.61. The third-order valence-corrected chi connectivity index (χ3v) is 4.70. The largest absolute Gasteiger partial charge is 0.451 e. The molecule has 3 rings (SSSR count). The molecule has 166 valence electrons. The minimum Gasteiger partial charge on any atom is -0.366 e. The number of allylic oxidation sites excluding steroid dienone is 1. The summed E-state index contributed by atoms with van der Waals surface area (Å²) in [6.45, 7) is 10.3. The molecular formula is C20H24F6N4. The average Bonchev–Trinajstić information content (AvgIpc) is 3.11. The molecule has 1 unspecified atom stereocenters. The second kappa shape index (κ2) is 9.53. The van der Waals surface area contributed by atoms with E-state index in [9.17, 15) is 26.3 Å². The van der Waals surface area contributed by atoms with Crippen LogP contribution in [-0.4, -0.2) is 26.2 Å². The maximum atomic E-state index is 13.8. The number of benzene rings is 1. The van der Waals surface area contributed by atoms with Gasteiger partial charge in [-0.15, -0.1) is 10.2 Å². The van der Waals surface area contributed by atoms with Crippen LogP contribution in [0.1, 0.15) is 44.4 Å². The first kappa shape index (κ1) is 23.8. The van der Waals surface area contributed by atoms with Crippen LogP contribution in [-0.2, 0) is 25.7 Å². The molecule has 10 heteroatoms. The lowest BCUT2D eigenvalue weighted by atomic mass is 9.96. The van der Waals surface area contributed by atoms with Gasteiger partial charge in [0.05, 0.1) is 6.54 Å². The highest BCUT2D eigenvalue weighted by Gasteiger charge is 2.39. The van der Waals surface area contributed by atoms with E-state index < -0.39 is 29.5 Å². The molecule has 0 fully saturated rings. The van der Waals surface area contributed by atoms with E-state index >= 15 is 0 Å². The van der Waals surface area contributed by atoms with E-state index in [1.54, 1.807) is 11.8 Å². The lowest BCUT2D eigenvalue weighted by Gasteiger charge is -2.32. The third-order valence-electron chi connectivity index (χ3n) is 4.70. The van der Waals surface area contributed by atoms with Crippen LogP contribution < -0.4 is 0 Å². The standard InChI is InChI=1S/C18H18F6N4.C2H6/c1-10(6-12-7-14(20)15(21)8-13(12)19)5-11(2)27-3-4-28-16(9-27)25-26-17(28)18(22,23)24;1-2/h7-8,10H,2-6,9H2,1H3;1-2H3. The number of halogens is 6. The Morgan fingerprint density at radius 2 is 1.70 bits per heavy atom. The van der Waals surface area contributed by atoms with Gasteiger partial charge in [-0.2, -0.15) is 13.2 Å². The fourth-order valence-electron chi connectivity index (χ4n) is 3.34. The SMILES string of the molecule is C=C(CC(C)Cc1cc(F)c(F)cc1F)N1CCn2c(nnc2C(F)(F)F)C1.CC. The summed E-state index contributed by atoms with van der Waals surface area (Å²) in [6.07, 6.45) is -3.98. The number of alkyl halides is 3. The Labute approximate surface area is 171 Å². The molecule has 0 spiro atoms. The predicted octanol–water partition coefficient (Wildman–Crippen LogP) is 5.34. The highest BCUT2D eigenvalue weighted by atomic mass is 19.4. The molecule has 0 aliphatic carbocycles. The Bertz CT molecular complexity index is 890. The first-order valence-corrected chi connectivity index (χ1v) is 9.61. The molecule has 1 aromatic carbocycles. The second-order valence-corrected chi connectivity index (χ2v) is 6.95. The first-order chi connectivity index (χ1) is 14.1. The number of hydrogen-bond donors (Lipinski definition) is 0. The van der Waals surface area contributed by atoms with E-state index in [1.165, 1.54) is 0 Å². The summed E-state index contributed by atoms with van der Waals surface area (Å²) in [5, 5.41) is 6.84. The fraction of sp³-hybridized carbons (Fsp3) is 0.500. The molecule has 0 amide bonds. The van der Waals surface area contributed by atoms with Crippen molar-refractivity contribution in [2.24, 2.45) is 5.92 Å². The van der Waals surface area contributed by atoms with Gasteiger partial charge in [-0.05, 0) is 30.4 Å². The molecule has 2 aromatic rings. The van der Waals surface area contributed by atoms with Crippen molar-refractivity contribution in [3.05, 3.63) is 59.1 Å². The minimum atomic E-state index is -4.56. The maximum absolute atomic E-state index is 13.8. The Balaban J connectivity index is 0.00000155. The number of aromatic nitrogens is 3. The molecule has 1 aromatic heterocycles. The molecule has 0 saturated heterocycles. The van der Waals surface area contributed by atoms with E-state index in [0.717, 1.165) is 10.6 Å². The van der Waals surface area contributed by atoms with Crippen molar-refractivity contribution >= 4 is 0 Å². The summed E-state index contributed by atoms with van der Waals surface area (Å²) in [4.78, 5) is 1.79. The van der Waals surface area contributed by atoms with Crippen LogP contribution in [0, 0.1) is 23.4 Å². The van der Waals surface area contributed by atoms with Crippen LogP contribution in [0.3, 0.4) is 0 Å². The molecule has 0 saturated carbocycles. The summed E-state index contributed by atoms with van der Waals surface area (Å²) in [6, 6.07) is 1.36. The number of nitrogens with zero attached hydrogens (tertiary/aromatic N) is 4. The van der Waals surface area contributed by atoms with Gasteiger partial charge in [0.1, 0.15) is 5.82 Å². The van der Waals surface area contributed by atoms with E-state index in [-0.39, 0.29) is 36.8 Å². The van der Waals surface area contributed by atoms with E-state index in [1.807, 2.05) is 13.8 Å². The predicted molar refractivity (Wildman–Crippen MR) is 99.7 cm³/mol. The zero-order valence-electron chi connectivity index (χ0n) is 17.0. The number of hydrogen-bond acceptors (Lipinski definition) is 3. The van der Waals surface area contributed by atoms with Crippen LogP contribution >= 0.6 is 0 Å². The Hall–Kier alpha value is -2.52. The van der Waals surface area contributed by atoms with Crippen LogP contribution in [0.5, 0.6) is 0 Å². The van der Waals surface area contributed by atoms with Crippen LogP contribution in [0.2, 0.25) is 0 Å². The maximum Gasteiger partial charge on any atom is 0.451 e. The summed E-state index contributed by atoms with van der Waals surface area (Å²) >= 11 is 0. The van der Waals surface area contributed by atoms with Gasteiger partial charge in [-0.1, -0.05) is 27.4 Å². The number of fused-ring (bicyclic) bond motifs is 1. The smallest absolute Gasteiger partial charge is 0.366 e. The van der Waals surface area contributed by atoms with Gasteiger partial charge in [0.15, 0.2) is 17.5 Å². The average molecular weight is 434 g/mol. The molecule has 30 heavy (non-hydrogen) atoms. The van der Waals surface area contributed by atoms with Crippen molar-refractivity contribution in [1.29, 1.82) is 0 Å². The molecule has 4 nitrogen and oxygen atoms in total. The van der Waals surface area contributed by atoms with Crippen LogP contribution in [0.4, 0.5) is 26.3 Å². The molecule has 1 aliphatic rings. The van der Waals surface area contributed by atoms with Gasteiger partial charge in [0.25, 0.3) is 0 Å².